The van der Waals surface area contributed by atoms with Gasteiger partial charge in [0.1, 0.15) is 11.5 Å². The lowest BCUT2D eigenvalue weighted by molar-refractivity contribution is -0.384. The zero-order valence-corrected chi connectivity index (χ0v) is 13.4. The average Bonchev–Trinajstić information content (AvgIpc) is 3.15. The number of non-ortho nitro benzene ring substituents is 1. The highest BCUT2D eigenvalue weighted by atomic mass is 16.6. The van der Waals surface area contributed by atoms with Gasteiger partial charge in [0, 0.05) is 17.7 Å². The van der Waals surface area contributed by atoms with Crippen molar-refractivity contribution in [3.05, 3.63) is 87.7 Å². The third-order valence-electron chi connectivity index (χ3n) is 3.70. The second kappa shape index (κ2) is 7.16. The number of nitrogens with zero attached hydrogens (tertiary/aromatic N) is 3. The predicted molar refractivity (Wildman–Crippen MR) is 95.4 cm³/mol. The van der Waals surface area contributed by atoms with Gasteiger partial charge < -0.3 is 4.42 Å². The van der Waals surface area contributed by atoms with E-state index in [2.05, 4.69) is 6.07 Å². The highest BCUT2D eigenvalue weighted by Gasteiger charge is 2.10. The highest BCUT2D eigenvalue weighted by Crippen LogP contribution is 2.26. The Labute approximate surface area is 149 Å². The lowest BCUT2D eigenvalue weighted by Gasteiger charge is -1.99. The van der Waals surface area contributed by atoms with Gasteiger partial charge in [0.05, 0.1) is 28.2 Å². The zero-order chi connectivity index (χ0) is 18.5. The minimum absolute atomic E-state index is 0.0821. The van der Waals surface area contributed by atoms with Crippen LogP contribution < -0.4 is 0 Å². The first-order valence-electron chi connectivity index (χ1n) is 7.57. The molecule has 0 bridgehead atoms. The fourth-order valence-electron chi connectivity index (χ4n) is 2.40. The van der Waals surface area contributed by atoms with Crippen molar-refractivity contribution in [3.8, 4) is 23.5 Å². The van der Waals surface area contributed by atoms with Crippen LogP contribution >= 0.6 is 0 Å². The molecule has 6 nitrogen and oxygen atoms in total. The minimum Gasteiger partial charge on any atom is -0.457 e. The summed E-state index contributed by atoms with van der Waals surface area (Å²) in [5.41, 5.74) is 1.98. The standard InChI is InChI=1S/C20H11N3O3/c21-12-14-4-6-15(7-5-14)20-9-8-19(26-20)11-17(13-22)16-2-1-3-18(10-16)23(24)25/h1-11H/b17-11-. The third-order valence-corrected chi connectivity index (χ3v) is 3.70. The van der Waals surface area contributed by atoms with Crippen LogP contribution in [0.25, 0.3) is 23.0 Å². The zero-order valence-electron chi connectivity index (χ0n) is 13.4. The quantitative estimate of drug-likeness (QED) is 0.385. The molecule has 0 aliphatic heterocycles. The van der Waals surface area contributed by atoms with Crippen LogP contribution in [-0.4, -0.2) is 4.92 Å². The molecule has 3 rings (SSSR count). The molecule has 0 radical (unpaired) electrons. The number of furan rings is 1. The van der Waals surface area contributed by atoms with Crippen molar-refractivity contribution in [2.45, 2.75) is 0 Å². The maximum Gasteiger partial charge on any atom is 0.270 e. The number of benzene rings is 2. The van der Waals surface area contributed by atoms with Gasteiger partial charge in [-0.15, -0.1) is 0 Å². The van der Waals surface area contributed by atoms with Crippen LogP contribution in [0.1, 0.15) is 16.9 Å². The summed E-state index contributed by atoms with van der Waals surface area (Å²) in [6.45, 7) is 0. The van der Waals surface area contributed by atoms with Crippen LogP contribution in [0.2, 0.25) is 0 Å². The number of allylic oxidation sites excluding steroid dienone is 1. The Morgan fingerprint density at radius 2 is 1.85 bits per heavy atom. The summed E-state index contributed by atoms with van der Waals surface area (Å²) in [5.74, 6) is 1.05. The van der Waals surface area contributed by atoms with Crippen LogP contribution in [-0.2, 0) is 0 Å². The minimum atomic E-state index is -0.506. The summed E-state index contributed by atoms with van der Waals surface area (Å²) < 4.78 is 5.73. The number of nitro groups is 1. The van der Waals surface area contributed by atoms with E-state index >= 15 is 0 Å². The average molecular weight is 341 g/mol. The molecule has 1 aromatic heterocycles. The van der Waals surface area contributed by atoms with Crippen LogP contribution in [0.3, 0.4) is 0 Å². The summed E-state index contributed by atoms with van der Waals surface area (Å²) in [7, 11) is 0. The third kappa shape index (κ3) is 3.50. The number of hydrogen-bond donors (Lipinski definition) is 0. The van der Waals surface area contributed by atoms with Gasteiger partial charge in [0.15, 0.2) is 0 Å². The molecule has 0 N–H and O–H groups in total. The van der Waals surface area contributed by atoms with Crippen LogP contribution in [0, 0.1) is 32.8 Å². The van der Waals surface area contributed by atoms with Gasteiger partial charge in [0.25, 0.3) is 5.69 Å². The van der Waals surface area contributed by atoms with Gasteiger partial charge in [0.2, 0.25) is 0 Å². The van der Waals surface area contributed by atoms with Gasteiger partial charge in [-0.05, 0) is 48.0 Å². The van der Waals surface area contributed by atoms with Crippen molar-refractivity contribution in [1.29, 1.82) is 10.5 Å². The predicted octanol–water partition coefficient (Wildman–Crippen LogP) is 4.79. The monoisotopic (exact) mass is 341 g/mol. The van der Waals surface area contributed by atoms with Crippen LogP contribution in [0.4, 0.5) is 5.69 Å². The molecular formula is C20H11N3O3. The van der Waals surface area contributed by atoms with Gasteiger partial charge in [-0.25, -0.2) is 0 Å². The van der Waals surface area contributed by atoms with Gasteiger partial charge in [-0.2, -0.15) is 10.5 Å². The fourth-order valence-corrected chi connectivity index (χ4v) is 2.40. The van der Waals surface area contributed by atoms with E-state index in [1.165, 1.54) is 24.3 Å². The molecular weight excluding hydrogens is 330 g/mol. The molecule has 1 heterocycles. The summed E-state index contributed by atoms with van der Waals surface area (Å²) >= 11 is 0. The number of rotatable bonds is 4. The van der Waals surface area contributed by atoms with Gasteiger partial charge in [-0.1, -0.05) is 12.1 Å². The Morgan fingerprint density at radius 1 is 1.08 bits per heavy atom. The summed E-state index contributed by atoms with van der Waals surface area (Å²) in [6.07, 6.45) is 1.53. The molecule has 0 spiro atoms. The molecule has 2 aromatic carbocycles. The van der Waals surface area contributed by atoms with Gasteiger partial charge in [-0.3, -0.25) is 10.1 Å². The SMILES string of the molecule is N#C/C(=C/c1ccc(-c2ccc(C#N)cc2)o1)c1cccc([N+](=O)[O-])c1. The Morgan fingerprint density at radius 3 is 2.50 bits per heavy atom. The van der Waals surface area contributed by atoms with Crippen molar-refractivity contribution in [2.75, 3.05) is 0 Å². The Hall–Kier alpha value is -4.16. The molecule has 0 saturated carbocycles. The molecule has 0 amide bonds. The van der Waals surface area contributed by atoms with Crippen molar-refractivity contribution >= 4 is 17.3 Å². The smallest absolute Gasteiger partial charge is 0.270 e. The fraction of sp³-hybridized carbons (Fsp3) is 0. The van der Waals surface area contributed by atoms with Crippen LogP contribution in [0.5, 0.6) is 0 Å². The molecule has 0 atom stereocenters. The summed E-state index contributed by atoms with van der Waals surface area (Å²) in [6, 6.07) is 20.4. The topological polar surface area (TPSA) is 104 Å². The number of nitriles is 2. The second-order valence-corrected chi connectivity index (χ2v) is 5.37. The summed E-state index contributed by atoms with van der Waals surface area (Å²) in [5, 5.41) is 29.1. The lowest BCUT2D eigenvalue weighted by atomic mass is 10.1. The molecule has 0 saturated heterocycles. The van der Waals surface area contributed by atoms with Crippen molar-refractivity contribution in [2.24, 2.45) is 0 Å². The maximum atomic E-state index is 10.9. The Bertz CT molecular complexity index is 1080. The van der Waals surface area contributed by atoms with E-state index in [9.17, 15) is 15.4 Å². The van der Waals surface area contributed by atoms with Crippen molar-refractivity contribution < 1.29 is 9.34 Å². The molecule has 26 heavy (non-hydrogen) atoms. The highest BCUT2D eigenvalue weighted by molar-refractivity contribution is 5.89. The number of nitro benzene ring substituents is 1. The normalized spacial score (nSPS) is 10.8. The van der Waals surface area contributed by atoms with E-state index in [0.717, 1.165) is 5.56 Å². The van der Waals surface area contributed by atoms with E-state index in [1.54, 1.807) is 42.5 Å². The van der Waals surface area contributed by atoms with Crippen molar-refractivity contribution in [3.63, 3.8) is 0 Å². The van der Waals surface area contributed by atoms with E-state index < -0.39 is 4.92 Å². The Balaban J connectivity index is 1.92. The van der Waals surface area contributed by atoms with Crippen LogP contribution in [0.15, 0.2) is 65.1 Å². The second-order valence-electron chi connectivity index (χ2n) is 5.37. The summed E-state index contributed by atoms with van der Waals surface area (Å²) in [4.78, 5) is 10.4. The first-order valence-corrected chi connectivity index (χ1v) is 7.57. The molecule has 0 aliphatic rings. The molecule has 3 aromatic rings. The van der Waals surface area contributed by atoms with E-state index in [4.69, 9.17) is 9.68 Å². The number of hydrogen-bond acceptors (Lipinski definition) is 5. The van der Waals surface area contributed by atoms with Crippen molar-refractivity contribution in [1.82, 2.24) is 0 Å². The first kappa shape index (κ1) is 16.7. The molecule has 0 unspecified atom stereocenters. The first-order chi connectivity index (χ1) is 12.6. The van der Waals surface area contributed by atoms with Gasteiger partial charge >= 0.3 is 0 Å². The molecule has 124 valence electrons. The maximum absolute atomic E-state index is 10.9. The largest absolute Gasteiger partial charge is 0.457 e. The Kier molecular flexibility index (Phi) is 4.60. The molecule has 0 fully saturated rings. The van der Waals surface area contributed by atoms with E-state index in [0.29, 0.717) is 22.6 Å². The van der Waals surface area contributed by atoms with E-state index in [1.807, 2.05) is 6.07 Å². The lowest BCUT2D eigenvalue weighted by Crippen LogP contribution is -1.89. The molecule has 0 aliphatic carbocycles. The van der Waals surface area contributed by atoms with E-state index in [-0.39, 0.29) is 11.3 Å². The molecule has 6 heteroatoms.